The zero-order valence-electron chi connectivity index (χ0n) is 30.9. The predicted octanol–water partition coefficient (Wildman–Crippen LogP) is 7.14. The van der Waals surface area contributed by atoms with E-state index in [1.165, 1.54) is 6.20 Å². The van der Waals surface area contributed by atoms with Crippen molar-refractivity contribution in [2.24, 2.45) is 0 Å². The lowest BCUT2D eigenvalue weighted by atomic mass is 10.1. The lowest BCUT2D eigenvalue weighted by Crippen LogP contribution is -2.68. The summed E-state index contributed by atoms with van der Waals surface area (Å²) in [6.07, 6.45) is 1.95. The molecular weight excluding hydrogens is 721 g/mol. The monoisotopic (exact) mass is 761 g/mol. The maximum atomic E-state index is 15.0. The third-order valence-corrected chi connectivity index (χ3v) is 14.6. The van der Waals surface area contributed by atoms with Gasteiger partial charge >= 0.3 is 0 Å². The van der Waals surface area contributed by atoms with Gasteiger partial charge in [-0.25, -0.2) is 18.7 Å². The molecule has 0 radical (unpaired) electrons. The van der Waals surface area contributed by atoms with Crippen LogP contribution in [0.25, 0.3) is 17.0 Å². The Morgan fingerprint density at radius 3 is 2.35 bits per heavy atom. The number of hydrogen-bond donors (Lipinski definition) is 2. The Morgan fingerprint density at radius 2 is 1.69 bits per heavy atom. The molecule has 0 saturated carbocycles. The van der Waals surface area contributed by atoms with Crippen LogP contribution in [0.4, 0.5) is 14.5 Å². The van der Waals surface area contributed by atoms with Gasteiger partial charge in [-0.05, 0) is 51.7 Å². The van der Waals surface area contributed by atoms with Gasteiger partial charge in [-0.1, -0.05) is 98.7 Å². The maximum Gasteiger partial charge on any atom is 0.274 e. The second kappa shape index (κ2) is 15.9. The minimum absolute atomic E-state index is 0.0150. The number of carbonyl (C=O) groups is 1. The van der Waals surface area contributed by atoms with Crippen LogP contribution in [-0.2, 0) is 28.8 Å². The van der Waals surface area contributed by atoms with E-state index in [9.17, 15) is 13.6 Å². The van der Waals surface area contributed by atoms with Gasteiger partial charge in [-0.2, -0.15) is 4.98 Å². The van der Waals surface area contributed by atoms with E-state index in [0.717, 1.165) is 27.2 Å². The number of aryl methyl sites for hydroxylation is 1. The highest BCUT2D eigenvalue weighted by Gasteiger charge is 2.52. The number of benzene rings is 3. The number of rotatable bonds is 14. The Bertz CT molecular complexity index is 2320. The lowest BCUT2D eigenvalue weighted by molar-refractivity contribution is 0.00243. The first-order valence-corrected chi connectivity index (χ1v) is 19.8. The van der Waals surface area contributed by atoms with Crippen molar-refractivity contribution < 1.29 is 27.3 Å². The summed E-state index contributed by atoms with van der Waals surface area (Å²) in [4.78, 5) is 29.4. The Labute approximate surface area is 317 Å². The zero-order chi connectivity index (χ0) is 38.6. The Kier molecular flexibility index (Phi) is 10.8. The van der Waals surface area contributed by atoms with E-state index in [0.29, 0.717) is 35.8 Å². The highest BCUT2D eigenvalue weighted by Crippen LogP contribution is 2.38. The van der Waals surface area contributed by atoms with Gasteiger partial charge in [0.1, 0.15) is 17.4 Å². The van der Waals surface area contributed by atoms with Crippen LogP contribution in [0.5, 0.6) is 0 Å². The molecule has 55 heavy (non-hydrogen) atoms. The SMILES string of the molecule is Cc1ccc(-c2noc(C[C@H](O[Si](c3ccccc3)(c3ccccc3)C(C)(C)C)C(F)F)n2)cc1NC(=O)c1cnc2cc(COCc3cnc[nH]3)ccn12. The number of carbonyl (C=O) groups excluding carboxylic acids is 1. The fourth-order valence-electron chi connectivity index (χ4n) is 6.73. The van der Waals surface area contributed by atoms with E-state index >= 15 is 0 Å². The number of aromatic amines is 1. The van der Waals surface area contributed by atoms with Crippen molar-refractivity contribution in [3.63, 3.8) is 0 Å². The van der Waals surface area contributed by atoms with Crippen LogP contribution in [0.2, 0.25) is 5.04 Å². The largest absolute Gasteiger partial charge is 0.398 e. The van der Waals surface area contributed by atoms with Crippen LogP contribution in [0.1, 0.15) is 54.0 Å². The Hall–Kier alpha value is -5.83. The molecule has 282 valence electrons. The molecule has 1 atom stereocenters. The fourth-order valence-corrected chi connectivity index (χ4v) is 11.4. The fraction of sp³-hybridized carbons (Fsp3) is 0.244. The molecule has 0 aliphatic carbocycles. The second-order valence-electron chi connectivity index (χ2n) is 14.3. The van der Waals surface area contributed by atoms with Gasteiger partial charge in [-0.15, -0.1) is 0 Å². The number of alkyl halides is 2. The topological polar surface area (TPSA) is 132 Å². The number of anilines is 1. The number of aromatic nitrogens is 6. The zero-order valence-corrected chi connectivity index (χ0v) is 31.9. The molecule has 7 aromatic rings. The number of H-pyrrole nitrogens is 1. The summed E-state index contributed by atoms with van der Waals surface area (Å²) < 4.78 is 49.7. The maximum absolute atomic E-state index is 15.0. The van der Waals surface area contributed by atoms with Gasteiger partial charge in [0.2, 0.25) is 11.7 Å². The van der Waals surface area contributed by atoms with Gasteiger partial charge in [0.25, 0.3) is 20.7 Å². The van der Waals surface area contributed by atoms with Crippen molar-refractivity contribution in [1.29, 1.82) is 0 Å². The van der Waals surface area contributed by atoms with Gasteiger partial charge in [0.15, 0.2) is 0 Å². The molecule has 0 bridgehead atoms. The van der Waals surface area contributed by atoms with Crippen molar-refractivity contribution in [3.8, 4) is 11.4 Å². The van der Waals surface area contributed by atoms with E-state index in [1.54, 1.807) is 35.3 Å². The summed E-state index contributed by atoms with van der Waals surface area (Å²) in [6, 6.07) is 28.3. The van der Waals surface area contributed by atoms with Crippen molar-refractivity contribution in [2.45, 2.75) is 64.9 Å². The molecule has 11 nitrogen and oxygen atoms in total. The van der Waals surface area contributed by atoms with Crippen LogP contribution in [-0.4, -0.2) is 56.2 Å². The third-order valence-electron chi connectivity index (χ3n) is 9.51. The number of fused-ring (bicyclic) bond motifs is 1. The van der Waals surface area contributed by atoms with Crippen molar-refractivity contribution >= 4 is 35.9 Å². The standard InChI is InChI=1S/C41H41F2N7O4Si/c1-27-15-16-29(20-33(27)47-40(51)34-23-45-36-19-28(17-18-50(34)36)24-52-25-30-22-44-26-46-30)39-48-37(53-49-39)21-35(38(42)43)54-55(41(2,3)4,31-11-7-5-8-12-31)32-13-9-6-10-14-32/h5-20,22-23,26,35,38H,21,24-25H2,1-4H3,(H,44,46)(H,47,51)/t35-/m0/s1. The minimum Gasteiger partial charge on any atom is -0.398 e. The molecule has 0 aliphatic rings. The van der Waals surface area contributed by atoms with Crippen LogP contribution in [0.15, 0.2) is 120 Å². The van der Waals surface area contributed by atoms with E-state index in [2.05, 4.69) is 30.4 Å². The second-order valence-corrected chi connectivity index (χ2v) is 18.6. The van der Waals surface area contributed by atoms with Gasteiger partial charge in [0.05, 0.1) is 44.0 Å². The predicted molar refractivity (Wildman–Crippen MR) is 207 cm³/mol. The van der Waals surface area contributed by atoms with Crippen LogP contribution < -0.4 is 15.7 Å². The molecule has 0 unspecified atom stereocenters. The van der Waals surface area contributed by atoms with E-state index in [1.807, 2.05) is 107 Å². The number of nitrogens with one attached hydrogen (secondary N) is 2. The summed E-state index contributed by atoms with van der Waals surface area (Å²) in [6.45, 7) is 8.73. The molecule has 3 aromatic carbocycles. The average Bonchev–Trinajstić information content (AvgIpc) is 3.96. The van der Waals surface area contributed by atoms with Crippen LogP contribution in [0, 0.1) is 6.92 Å². The molecular formula is C41H41F2N7O4Si. The highest BCUT2D eigenvalue weighted by atomic mass is 28.4. The molecule has 1 amide bonds. The molecule has 2 N–H and O–H groups in total. The van der Waals surface area contributed by atoms with E-state index < -0.39 is 25.9 Å². The van der Waals surface area contributed by atoms with E-state index in [4.69, 9.17) is 13.7 Å². The average molecular weight is 762 g/mol. The number of hydrogen-bond acceptors (Lipinski definition) is 8. The normalized spacial score (nSPS) is 12.7. The number of nitrogens with zero attached hydrogens (tertiary/aromatic N) is 5. The smallest absolute Gasteiger partial charge is 0.274 e. The molecule has 0 saturated heterocycles. The quantitative estimate of drug-likeness (QED) is 0.112. The van der Waals surface area contributed by atoms with E-state index in [-0.39, 0.29) is 24.0 Å². The lowest BCUT2D eigenvalue weighted by Gasteiger charge is -2.44. The molecule has 0 spiro atoms. The summed E-state index contributed by atoms with van der Waals surface area (Å²) in [5.74, 6) is -0.160. The minimum atomic E-state index is -3.30. The van der Waals surface area contributed by atoms with Crippen molar-refractivity contribution in [1.82, 2.24) is 29.5 Å². The highest BCUT2D eigenvalue weighted by molar-refractivity contribution is 6.99. The summed E-state index contributed by atoms with van der Waals surface area (Å²) in [5, 5.41) is 8.37. The Morgan fingerprint density at radius 1 is 0.964 bits per heavy atom. The summed E-state index contributed by atoms with van der Waals surface area (Å²) in [5.41, 5.74) is 4.56. The van der Waals surface area contributed by atoms with Crippen LogP contribution >= 0.6 is 0 Å². The number of ether oxygens (including phenoxy) is 1. The number of imidazole rings is 2. The molecule has 4 heterocycles. The Balaban J connectivity index is 1.08. The van der Waals surface area contributed by atoms with Gasteiger partial charge < -0.3 is 24.0 Å². The van der Waals surface area contributed by atoms with Crippen molar-refractivity contribution in [2.75, 3.05) is 5.32 Å². The number of halogens is 2. The molecule has 0 aliphatic heterocycles. The molecule has 0 fully saturated rings. The number of pyridine rings is 1. The summed E-state index contributed by atoms with van der Waals surface area (Å²) >= 11 is 0. The van der Waals surface area contributed by atoms with Crippen LogP contribution in [0.3, 0.4) is 0 Å². The molecule has 14 heteroatoms. The first kappa shape index (κ1) is 37.5. The molecule has 4 aromatic heterocycles. The first-order valence-electron chi connectivity index (χ1n) is 17.8. The summed E-state index contributed by atoms with van der Waals surface area (Å²) in [7, 11) is -3.30. The van der Waals surface area contributed by atoms with Gasteiger partial charge in [0, 0.05) is 17.4 Å². The van der Waals surface area contributed by atoms with Crippen molar-refractivity contribution in [3.05, 3.63) is 144 Å². The van der Waals surface area contributed by atoms with Gasteiger partial charge in [-0.3, -0.25) is 9.20 Å². The number of amides is 1. The third kappa shape index (κ3) is 8.02. The molecule has 7 rings (SSSR count). The first-order chi connectivity index (χ1) is 26.5.